The van der Waals surface area contributed by atoms with E-state index < -0.39 is 86.8 Å². The Bertz CT molecular complexity index is 1580. The lowest BCUT2D eigenvalue weighted by Crippen LogP contribution is -2.65. The first-order valence-electron chi connectivity index (χ1n) is 36.2. The van der Waals surface area contributed by atoms with Crippen molar-refractivity contribution in [3.05, 3.63) is 36.5 Å². The highest BCUT2D eigenvalue weighted by Crippen LogP contribution is 2.30. The number of amides is 1. The van der Waals surface area contributed by atoms with Crippen LogP contribution in [0.4, 0.5) is 0 Å². The van der Waals surface area contributed by atoms with Gasteiger partial charge in [0.25, 0.3) is 0 Å². The number of hydrogen-bond acceptors (Lipinski definition) is 13. The van der Waals surface area contributed by atoms with Gasteiger partial charge in [0, 0.05) is 6.42 Å². The molecule has 506 valence electrons. The molecule has 0 aromatic rings. The van der Waals surface area contributed by atoms with Gasteiger partial charge in [-0.1, -0.05) is 307 Å². The molecule has 0 spiro atoms. The minimum Gasteiger partial charge on any atom is -0.394 e. The molecule has 2 aliphatic heterocycles. The smallest absolute Gasteiger partial charge is 0.220 e. The second kappa shape index (κ2) is 57.1. The van der Waals surface area contributed by atoms with Gasteiger partial charge in [-0.15, -0.1) is 0 Å². The molecule has 0 aliphatic carbocycles. The van der Waals surface area contributed by atoms with Crippen LogP contribution in [0.25, 0.3) is 0 Å². The fourth-order valence-corrected chi connectivity index (χ4v) is 12.0. The van der Waals surface area contributed by atoms with Crippen LogP contribution in [0.5, 0.6) is 0 Å². The Hall–Kier alpha value is -1.79. The number of allylic oxidation sites excluding steroid dienone is 5. The van der Waals surface area contributed by atoms with Crippen molar-refractivity contribution in [3.8, 4) is 0 Å². The average Bonchev–Trinajstić information content (AvgIpc) is 2.45. The Morgan fingerprint density at radius 1 is 0.407 bits per heavy atom. The Labute approximate surface area is 525 Å². The van der Waals surface area contributed by atoms with Crippen LogP contribution in [0.3, 0.4) is 0 Å². The summed E-state index contributed by atoms with van der Waals surface area (Å²) in [7, 11) is 0. The normalized spacial score (nSPS) is 23.6. The van der Waals surface area contributed by atoms with Crippen molar-refractivity contribution >= 4 is 5.91 Å². The summed E-state index contributed by atoms with van der Waals surface area (Å²) in [6.07, 6.45) is 56.7. The molecule has 9 N–H and O–H groups in total. The van der Waals surface area contributed by atoms with Gasteiger partial charge in [0.15, 0.2) is 12.6 Å². The van der Waals surface area contributed by atoms with Crippen molar-refractivity contribution in [2.45, 2.75) is 396 Å². The fraction of sp³-hybridized carbons (Fsp3) is 0.903. The summed E-state index contributed by atoms with van der Waals surface area (Å²) in [5.74, 6) is -0.248. The highest BCUT2D eigenvalue weighted by molar-refractivity contribution is 5.76. The lowest BCUT2D eigenvalue weighted by atomic mass is 9.97. The number of hydrogen-bond donors (Lipinski definition) is 9. The standard InChI is InChI=1S/C72H135NO13/c1-3-5-7-9-11-13-15-17-19-21-22-23-24-25-26-27-28-29-30-31-32-33-34-35-36-37-38-39-40-42-44-46-48-50-52-54-56-64(77)73-60(61(76)55-53-51-49-47-45-43-41-20-18-16-14-12-10-8-6-4-2)59-83-71-69(82)67(80)70(63(58-75)85-71)86-72-68(81)66(79)65(78)62(57-74)84-72/h18,20,45,47,53,55,60-63,65-72,74-76,78-82H,3-17,19,21-44,46,48-52,54,56-59H2,1-2H3,(H,73,77)/b20-18+,47-45+,55-53+. The number of aliphatic hydroxyl groups is 8. The molecule has 12 unspecified atom stereocenters. The van der Waals surface area contributed by atoms with Gasteiger partial charge in [0.05, 0.1) is 32.0 Å². The van der Waals surface area contributed by atoms with Gasteiger partial charge in [-0.25, -0.2) is 0 Å². The van der Waals surface area contributed by atoms with Gasteiger partial charge in [0.2, 0.25) is 5.91 Å². The summed E-state index contributed by atoms with van der Waals surface area (Å²) in [6.45, 7) is 2.80. The molecule has 0 radical (unpaired) electrons. The number of aliphatic hydroxyl groups excluding tert-OH is 8. The first-order chi connectivity index (χ1) is 42.1. The second-order valence-electron chi connectivity index (χ2n) is 25.7. The van der Waals surface area contributed by atoms with Crippen LogP contribution in [0.2, 0.25) is 0 Å². The van der Waals surface area contributed by atoms with Crippen molar-refractivity contribution in [3.63, 3.8) is 0 Å². The first kappa shape index (κ1) is 80.3. The van der Waals surface area contributed by atoms with Crippen molar-refractivity contribution in [2.75, 3.05) is 19.8 Å². The Morgan fingerprint density at radius 3 is 1.14 bits per heavy atom. The van der Waals surface area contributed by atoms with E-state index in [-0.39, 0.29) is 18.9 Å². The quantitative estimate of drug-likeness (QED) is 0.0204. The van der Waals surface area contributed by atoms with Gasteiger partial charge in [-0.05, 0) is 44.9 Å². The average molecular weight is 1220 g/mol. The lowest BCUT2D eigenvalue weighted by molar-refractivity contribution is -0.359. The van der Waals surface area contributed by atoms with E-state index in [0.29, 0.717) is 12.8 Å². The zero-order chi connectivity index (χ0) is 62.3. The summed E-state index contributed by atoms with van der Waals surface area (Å²) in [6, 6.07) is -0.936. The molecule has 86 heavy (non-hydrogen) atoms. The summed E-state index contributed by atoms with van der Waals surface area (Å²) >= 11 is 0. The largest absolute Gasteiger partial charge is 0.394 e. The van der Waals surface area contributed by atoms with Gasteiger partial charge in [-0.3, -0.25) is 4.79 Å². The van der Waals surface area contributed by atoms with E-state index in [1.165, 1.54) is 244 Å². The third kappa shape index (κ3) is 40.8. The van der Waals surface area contributed by atoms with Crippen molar-refractivity contribution < 1.29 is 64.6 Å². The molecule has 2 heterocycles. The summed E-state index contributed by atoms with van der Waals surface area (Å²) in [4.78, 5) is 13.3. The zero-order valence-electron chi connectivity index (χ0n) is 55.1. The maximum atomic E-state index is 13.3. The van der Waals surface area contributed by atoms with E-state index in [1.54, 1.807) is 6.08 Å². The molecular formula is C72H135NO13. The molecular weight excluding hydrogens is 1090 g/mol. The maximum Gasteiger partial charge on any atom is 0.220 e. The van der Waals surface area contributed by atoms with Crippen LogP contribution >= 0.6 is 0 Å². The van der Waals surface area contributed by atoms with E-state index in [0.717, 1.165) is 44.9 Å². The fourth-order valence-electron chi connectivity index (χ4n) is 12.0. The van der Waals surface area contributed by atoms with E-state index in [1.807, 2.05) is 6.08 Å². The number of ether oxygens (including phenoxy) is 4. The van der Waals surface area contributed by atoms with Gasteiger partial charge in [-0.2, -0.15) is 0 Å². The molecule has 0 saturated carbocycles. The highest BCUT2D eigenvalue weighted by Gasteiger charge is 2.51. The number of unbranched alkanes of at least 4 members (excludes halogenated alkanes) is 43. The molecule has 2 aliphatic rings. The minimum atomic E-state index is -1.79. The van der Waals surface area contributed by atoms with Crippen molar-refractivity contribution in [1.29, 1.82) is 0 Å². The molecule has 0 aromatic heterocycles. The minimum absolute atomic E-state index is 0.248. The molecule has 0 aromatic carbocycles. The van der Waals surface area contributed by atoms with E-state index in [2.05, 4.69) is 43.5 Å². The number of nitrogens with one attached hydrogen (secondary N) is 1. The first-order valence-corrected chi connectivity index (χ1v) is 36.2. The highest BCUT2D eigenvalue weighted by atomic mass is 16.7. The van der Waals surface area contributed by atoms with Gasteiger partial charge in [0.1, 0.15) is 48.8 Å². The summed E-state index contributed by atoms with van der Waals surface area (Å²) < 4.78 is 22.8. The van der Waals surface area contributed by atoms with Crippen molar-refractivity contribution in [2.24, 2.45) is 0 Å². The molecule has 2 saturated heterocycles. The molecule has 12 atom stereocenters. The molecule has 14 nitrogen and oxygen atoms in total. The Kier molecular flexibility index (Phi) is 53.4. The topological polar surface area (TPSA) is 228 Å². The Balaban J connectivity index is 1.59. The van der Waals surface area contributed by atoms with Crippen LogP contribution in [0, 0.1) is 0 Å². The molecule has 0 bridgehead atoms. The van der Waals surface area contributed by atoms with E-state index in [4.69, 9.17) is 18.9 Å². The third-order valence-electron chi connectivity index (χ3n) is 17.8. The van der Waals surface area contributed by atoms with Crippen LogP contribution in [-0.4, -0.2) is 140 Å². The predicted molar refractivity (Wildman–Crippen MR) is 351 cm³/mol. The third-order valence-corrected chi connectivity index (χ3v) is 17.8. The molecule has 2 rings (SSSR count). The van der Waals surface area contributed by atoms with Crippen LogP contribution in [0.1, 0.15) is 322 Å². The summed E-state index contributed by atoms with van der Waals surface area (Å²) in [5.41, 5.74) is 0. The predicted octanol–water partition coefficient (Wildman–Crippen LogP) is 14.9. The number of carbonyl (C=O) groups excluding carboxylic acids is 1. The number of rotatable bonds is 60. The Morgan fingerprint density at radius 2 is 0.744 bits per heavy atom. The van der Waals surface area contributed by atoms with Crippen LogP contribution in [-0.2, 0) is 23.7 Å². The molecule has 1 amide bonds. The van der Waals surface area contributed by atoms with E-state index >= 15 is 0 Å². The van der Waals surface area contributed by atoms with Crippen LogP contribution < -0.4 is 5.32 Å². The number of carbonyl (C=O) groups is 1. The summed E-state index contributed by atoms with van der Waals surface area (Å²) in [5, 5.41) is 87.3. The molecule has 14 heteroatoms. The van der Waals surface area contributed by atoms with Crippen molar-refractivity contribution in [1.82, 2.24) is 5.32 Å². The zero-order valence-corrected chi connectivity index (χ0v) is 55.1. The maximum absolute atomic E-state index is 13.3. The second-order valence-corrected chi connectivity index (χ2v) is 25.7. The van der Waals surface area contributed by atoms with E-state index in [9.17, 15) is 45.6 Å². The van der Waals surface area contributed by atoms with Gasteiger partial charge >= 0.3 is 0 Å². The SMILES string of the molecule is CCCCCCCC/C=C/CC/C=C/CC/C=C/C(O)C(COC1OC(CO)C(OC2OC(CO)C(O)C(O)C2O)C(O)C1O)NC(=O)CCCCCCCCCCCCCCCCCCCCCCCCCCCCCCCCCCCCCC. The van der Waals surface area contributed by atoms with Crippen LogP contribution in [0.15, 0.2) is 36.5 Å². The lowest BCUT2D eigenvalue weighted by Gasteiger charge is -2.46. The monoisotopic (exact) mass is 1220 g/mol. The van der Waals surface area contributed by atoms with Gasteiger partial charge < -0.3 is 65.1 Å². The molecule has 2 fully saturated rings.